The van der Waals surface area contributed by atoms with Crippen molar-refractivity contribution in [3.05, 3.63) is 28.2 Å². The van der Waals surface area contributed by atoms with Crippen molar-refractivity contribution in [2.24, 2.45) is 0 Å². The zero-order valence-electron chi connectivity index (χ0n) is 9.96. The van der Waals surface area contributed by atoms with E-state index < -0.39 is 0 Å². The topological polar surface area (TPSA) is 15.3 Å². The average molecular weight is 283 g/mol. The van der Waals surface area contributed by atoms with Gasteiger partial charge >= 0.3 is 0 Å². The van der Waals surface area contributed by atoms with E-state index in [4.69, 9.17) is 0 Å². The molecule has 1 aliphatic rings. The first-order chi connectivity index (χ1) is 7.74. The van der Waals surface area contributed by atoms with Crippen molar-refractivity contribution >= 4 is 21.6 Å². The molecule has 1 aliphatic heterocycles. The highest BCUT2D eigenvalue weighted by molar-refractivity contribution is 9.10. The van der Waals surface area contributed by atoms with Crippen LogP contribution in [0.25, 0.3) is 0 Å². The molecular weight excluding hydrogens is 264 g/mol. The summed E-state index contributed by atoms with van der Waals surface area (Å²) in [5.41, 5.74) is 2.88. The molecule has 1 aromatic rings. The van der Waals surface area contributed by atoms with E-state index in [0.29, 0.717) is 5.92 Å². The highest BCUT2D eigenvalue weighted by Gasteiger charge is 2.24. The molecule has 0 fully saturated rings. The summed E-state index contributed by atoms with van der Waals surface area (Å²) in [6.07, 6.45) is 2.50. The summed E-state index contributed by atoms with van der Waals surface area (Å²) in [5, 5.41) is 3.25. The molecule has 2 nitrogen and oxygen atoms in total. The molecule has 0 amide bonds. The van der Waals surface area contributed by atoms with E-state index in [1.165, 1.54) is 28.6 Å². The summed E-state index contributed by atoms with van der Waals surface area (Å²) in [6, 6.07) is 6.56. The molecule has 88 valence electrons. The van der Waals surface area contributed by atoms with Crippen molar-refractivity contribution in [2.45, 2.75) is 18.8 Å². The summed E-state index contributed by atoms with van der Waals surface area (Å²) in [7, 11) is 4.20. The average Bonchev–Trinajstić information content (AvgIpc) is 2.28. The fraction of sp³-hybridized carbons (Fsp3) is 0.538. The second-order valence-electron chi connectivity index (χ2n) is 4.48. The largest absolute Gasteiger partial charge is 0.373 e. The van der Waals surface area contributed by atoms with E-state index in [1.54, 1.807) is 0 Å². The second kappa shape index (κ2) is 5.19. The minimum atomic E-state index is 0.705. The number of hydrogen-bond acceptors (Lipinski definition) is 2. The molecule has 0 saturated carbocycles. The highest BCUT2D eigenvalue weighted by Crippen LogP contribution is 2.40. The Bertz CT molecular complexity index is 365. The predicted molar refractivity (Wildman–Crippen MR) is 73.3 cm³/mol. The van der Waals surface area contributed by atoms with E-state index in [0.717, 1.165) is 13.1 Å². The van der Waals surface area contributed by atoms with Gasteiger partial charge in [-0.1, -0.05) is 12.1 Å². The zero-order chi connectivity index (χ0) is 11.5. The van der Waals surface area contributed by atoms with E-state index >= 15 is 0 Å². The molecule has 1 aromatic carbocycles. The number of nitrogens with one attached hydrogen (secondary N) is 1. The van der Waals surface area contributed by atoms with Crippen LogP contribution in [0.5, 0.6) is 0 Å². The minimum absolute atomic E-state index is 0.705. The monoisotopic (exact) mass is 282 g/mol. The Morgan fingerprint density at radius 1 is 1.50 bits per heavy atom. The quantitative estimate of drug-likeness (QED) is 0.917. The lowest BCUT2D eigenvalue weighted by atomic mass is 9.87. The third-order valence-electron chi connectivity index (χ3n) is 3.40. The second-order valence-corrected chi connectivity index (χ2v) is 5.33. The molecule has 1 heterocycles. The number of fused-ring (bicyclic) bond motifs is 1. The molecule has 16 heavy (non-hydrogen) atoms. The molecule has 0 spiro atoms. The van der Waals surface area contributed by atoms with Gasteiger partial charge in [0.1, 0.15) is 0 Å². The molecule has 1 unspecified atom stereocenters. The summed E-state index contributed by atoms with van der Waals surface area (Å²) < 4.78 is 1.22. The van der Waals surface area contributed by atoms with Crippen LogP contribution in [0.3, 0.4) is 0 Å². The first-order valence-electron chi connectivity index (χ1n) is 5.88. The molecule has 1 atom stereocenters. The van der Waals surface area contributed by atoms with Crippen LogP contribution in [-0.2, 0) is 0 Å². The van der Waals surface area contributed by atoms with Crippen molar-refractivity contribution in [1.82, 2.24) is 5.32 Å². The Morgan fingerprint density at radius 3 is 3.06 bits per heavy atom. The molecule has 1 N–H and O–H groups in total. The van der Waals surface area contributed by atoms with Gasteiger partial charge in [0.05, 0.1) is 5.69 Å². The standard InChI is InChI=1S/C13H19BrN2/c1-15-8-6-10-7-9-16(2)13-11(10)4-3-5-12(13)14/h3-5,10,15H,6-9H2,1-2H3. The molecule has 0 bridgehead atoms. The highest BCUT2D eigenvalue weighted by atomic mass is 79.9. The number of halogens is 1. The van der Waals surface area contributed by atoms with Gasteiger partial charge in [0.2, 0.25) is 0 Å². The van der Waals surface area contributed by atoms with Gasteiger partial charge in [-0.2, -0.15) is 0 Å². The summed E-state index contributed by atoms with van der Waals surface area (Å²) in [5.74, 6) is 0.705. The summed E-state index contributed by atoms with van der Waals surface area (Å²) in [4.78, 5) is 2.36. The van der Waals surface area contributed by atoms with Crippen LogP contribution in [0.2, 0.25) is 0 Å². The molecular formula is C13H19BrN2. The smallest absolute Gasteiger partial charge is 0.0543 e. The summed E-state index contributed by atoms with van der Waals surface area (Å²) in [6.45, 7) is 2.25. The van der Waals surface area contributed by atoms with Gasteiger partial charge in [-0.25, -0.2) is 0 Å². The van der Waals surface area contributed by atoms with Crippen LogP contribution >= 0.6 is 15.9 Å². The Labute approximate surface area is 106 Å². The number of para-hydroxylation sites is 1. The van der Waals surface area contributed by atoms with E-state index in [2.05, 4.69) is 51.4 Å². The minimum Gasteiger partial charge on any atom is -0.373 e. The van der Waals surface area contributed by atoms with Gasteiger partial charge in [-0.05, 0) is 59.9 Å². The molecule has 0 saturated heterocycles. The number of hydrogen-bond donors (Lipinski definition) is 1. The summed E-state index contributed by atoms with van der Waals surface area (Å²) >= 11 is 3.66. The van der Waals surface area contributed by atoms with Gasteiger partial charge in [0.15, 0.2) is 0 Å². The maximum absolute atomic E-state index is 3.66. The van der Waals surface area contributed by atoms with E-state index in [-0.39, 0.29) is 0 Å². The van der Waals surface area contributed by atoms with Crippen LogP contribution in [-0.4, -0.2) is 27.2 Å². The molecule has 3 heteroatoms. The number of anilines is 1. The Hall–Kier alpha value is -0.540. The van der Waals surface area contributed by atoms with Crippen LogP contribution < -0.4 is 10.2 Å². The third-order valence-corrected chi connectivity index (χ3v) is 4.04. The molecule has 0 aliphatic carbocycles. The van der Waals surface area contributed by atoms with E-state index in [1.807, 2.05) is 7.05 Å². The van der Waals surface area contributed by atoms with Crippen molar-refractivity contribution in [3.8, 4) is 0 Å². The Balaban J connectivity index is 2.29. The maximum atomic E-state index is 3.66. The van der Waals surface area contributed by atoms with Crippen LogP contribution in [0.1, 0.15) is 24.3 Å². The van der Waals surface area contributed by atoms with Gasteiger partial charge in [-0.15, -0.1) is 0 Å². The normalized spacial score (nSPS) is 19.7. The van der Waals surface area contributed by atoms with Crippen LogP contribution in [0.4, 0.5) is 5.69 Å². The number of nitrogens with zero attached hydrogens (tertiary/aromatic N) is 1. The predicted octanol–water partition coefficient (Wildman–Crippen LogP) is 2.98. The van der Waals surface area contributed by atoms with Crippen molar-refractivity contribution < 1.29 is 0 Å². The third kappa shape index (κ3) is 2.25. The van der Waals surface area contributed by atoms with E-state index in [9.17, 15) is 0 Å². The van der Waals surface area contributed by atoms with Crippen LogP contribution in [0.15, 0.2) is 22.7 Å². The van der Waals surface area contributed by atoms with Gasteiger partial charge in [-0.3, -0.25) is 0 Å². The zero-order valence-corrected chi connectivity index (χ0v) is 11.5. The number of rotatable bonds is 3. The molecule has 0 aromatic heterocycles. The SMILES string of the molecule is CNCCC1CCN(C)c2c(Br)cccc21. The maximum Gasteiger partial charge on any atom is 0.0543 e. The fourth-order valence-corrected chi connectivity index (χ4v) is 3.18. The van der Waals surface area contributed by atoms with Crippen molar-refractivity contribution in [3.63, 3.8) is 0 Å². The number of benzene rings is 1. The first kappa shape index (κ1) is 11.9. The van der Waals surface area contributed by atoms with Gasteiger partial charge < -0.3 is 10.2 Å². The fourth-order valence-electron chi connectivity index (χ4n) is 2.50. The van der Waals surface area contributed by atoms with Gasteiger partial charge in [0, 0.05) is 18.1 Å². The first-order valence-corrected chi connectivity index (χ1v) is 6.67. The Morgan fingerprint density at radius 2 is 2.31 bits per heavy atom. The van der Waals surface area contributed by atoms with Crippen molar-refractivity contribution in [2.75, 3.05) is 32.1 Å². The molecule has 2 rings (SSSR count). The lowest BCUT2D eigenvalue weighted by Gasteiger charge is -2.34. The Kier molecular flexibility index (Phi) is 3.87. The molecule has 0 radical (unpaired) electrons. The van der Waals surface area contributed by atoms with Crippen LogP contribution in [0, 0.1) is 0 Å². The van der Waals surface area contributed by atoms with Gasteiger partial charge in [0.25, 0.3) is 0 Å². The lowest BCUT2D eigenvalue weighted by molar-refractivity contribution is 0.538. The van der Waals surface area contributed by atoms with Crippen molar-refractivity contribution in [1.29, 1.82) is 0 Å². The lowest BCUT2D eigenvalue weighted by Crippen LogP contribution is -2.28.